The predicted octanol–water partition coefficient (Wildman–Crippen LogP) is 2.69. The second kappa shape index (κ2) is 8.94. The van der Waals surface area contributed by atoms with Crippen LogP contribution in [0.1, 0.15) is 28.2 Å². The molecule has 28 heavy (non-hydrogen) atoms. The normalized spacial score (nSPS) is 10.5. The van der Waals surface area contributed by atoms with Crippen LogP contribution < -0.4 is 5.32 Å². The van der Waals surface area contributed by atoms with Crippen LogP contribution in [0.4, 0.5) is 0 Å². The molecule has 0 bridgehead atoms. The number of hydrogen-bond donors (Lipinski definition) is 1. The van der Waals surface area contributed by atoms with E-state index in [1.54, 1.807) is 26.2 Å². The zero-order chi connectivity index (χ0) is 19.9. The van der Waals surface area contributed by atoms with Crippen LogP contribution >= 0.6 is 0 Å². The van der Waals surface area contributed by atoms with Crippen molar-refractivity contribution in [3.8, 4) is 11.5 Å². The molecular weight excluding hydrogens is 356 g/mol. The number of nitrogens with one attached hydrogen (secondary N) is 1. The Hall–Kier alpha value is -3.48. The van der Waals surface area contributed by atoms with Gasteiger partial charge in [-0.2, -0.15) is 0 Å². The van der Waals surface area contributed by atoms with Crippen molar-refractivity contribution in [1.29, 1.82) is 0 Å². The van der Waals surface area contributed by atoms with Crippen LogP contribution in [0.15, 0.2) is 59.0 Å². The van der Waals surface area contributed by atoms with E-state index in [1.807, 2.05) is 42.5 Å². The first kappa shape index (κ1) is 19.3. The number of hydrogen-bond acceptors (Lipinski definition) is 5. The molecule has 0 fully saturated rings. The maximum absolute atomic E-state index is 12.1. The number of aromatic nitrogens is 2. The first-order valence-corrected chi connectivity index (χ1v) is 8.98. The highest BCUT2D eigenvalue weighted by Crippen LogP contribution is 2.16. The Morgan fingerprint density at radius 1 is 1.00 bits per heavy atom. The van der Waals surface area contributed by atoms with Gasteiger partial charge in [0.2, 0.25) is 17.7 Å². The molecule has 7 nitrogen and oxygen atoms in total. The lowest BCUT2D eigenvalue weighted by atomic mass is 10.1. The molecule has 0 unspecified atom stereocenters. The quantitative estimate of drug-likeness (QED) is 0.683. The van der Waals surface area contributed by atoms with Crippen molar-refractivity contribution < 1.29 is 14.0 Å². The maximum Gasteiger partial charge on any atom is 0.253 e. The Morgan fingerprint density at radius 3 is 2.39 bits per heavy atom. The molecule has 2 amide bonds. The highest BCUT2D eigenvalue weighted by molar-refractivity contribution is 5.93. The summed E-state index contributed by atoms with van der Waals surface area (Å²) in [6.45, 7) is 0.189. The Kier molecular flexibility index (Phi) is 6.16. The number of rotatable bonds is 7. The van der Waals surface area contributed by atoms with E-state index in [1.165, 1.54) is 4.90 Å². The highest BCUT2D eigenvalue weighted by atomic mass is 16.4. The molecule has 7 heteroatoms. The fraction of sp³-hybridized carbons (Fsp3) is 0.238. The van der Waals surface area contributed by atoms with Gasteiger partial charge in [0, 0.05) is 31.6 Å². The van der Waals surface area contributed by atoms with Crippen LogP contribution in [0.3, 0.4) is 0 Å². The molecule has 1 aromatic heterocycles. The van der Waals surface area contributed by atoms with Crippen LogP contribution in [0.5, 0.6) is 0 Å². The molecule has 3 rings (SSSR count). The largest absolute Gasteiger partial charge is 0.419 e. The molecule has 1 N–H and O–H groups in total. The van der Waals surface area contributed by atoms with Crippen molar-refractivity contribution in [3.63, 3.8) is 0 Å². The van der Waals surface area contributed by atoms with Crippen molar-refractivity contribution in [1.82, 2.24) is 20.4 Å². The highest BCUT2D eigenvalue weighted by Gasteiger charge is 2.10. The summed E-state index contributed by atoms with van der Waals surface area (Å²) in [4.78, 5) is 25.5. The monoisotopic (exact) mass is 378 g/mol. The average molecular weight is 378 g/mol. The lowest BCUT2D eigenvalue weighted by Crippen LogP contribution is -2.23. The molecule has 0 aliphatic heterocycles. The number of carbonyl (C=O) groups excluding carboxylic acids is 2. The molecule has 0 aliphatic carbocycles. The molecule has 0 radical (unpaired) electrons. The third-order valence-corrected chi connectivity index (χ3v) is 4.17. The summed E-state index contributed by atoms with van der Waals surface area (Å²) < 4.78 is 5.56. The summed E-state index contributed by atoms with van der Waals surface area (Å²) in [5, 5.41) is 10.7. The number of benzene rings is 2. The van der Waals surface area contributed by atoms with E-state index in [-0.39, 0.29) is 18.4 Å². The fourth-order valence-electron chi connectivity index (χ4n) is 2.62. The smallest absolute Gasteiger partial charge is 0.253 e. The number of aryl methyl sites for hydroxylation is 1. The van der Waals surface area contributed by atoms with Gasteiger partial charge in [0.25, 0.3) is 5.91 Å². The summed E-state index contributed by atoms with van der Waals surface area (Å²) in [5.74, 6) is 0.641. The zero-order valence-electron chi connectivity index (χ0n) is 15.9. The van der Waals surface area contributed by atoms with E-state index in [4.69, 9.17) is 4.42 Å². The van der Waals surface area contributed by atoms with Gasteiger partial charge < -0.3 is 14.6 Å². The van der Waals surface area contributed by atoms with Gasteiger partial charge in [-0.15, -0.1) is 10.2 Å². The Balaban J connectivity index is 1.46. The molecule has 2 aromatic carbocycles. The van der Waals surface area contributed by atoms with Gasteiger partial charge in [0.05, 0.1) is 6.54 Å². The summed E-state index contributed by atoms with van der Waals surface area (Å²) in [7, 11) is 3.43. The molecule has 0 saturated carbocycles. The lowest BCUT2D eigenvalue weighted by molar-refractivity contribution is -0.121. The topological polar surface area (TPSA) is 88.3 Å². The molecule has 0 saturated heterocycles. The molecule has 3 aromatic rings. The van der Waals surface area contributed by atoms with E-state index in [9.17, 15) is 9.59 Å². The average Bonchev–Trinajstić information content (AvgIpc) is 3.20. The third-order valence-electron chi connectivity index (χ3n) is 4.17. The summed E-state index contributed by atoms with van der Waals surface area (Å²) in [6, 6.07) is 16.8. The van der Waals surface area contributed by atoms with Crippen molar-refractivity contribution in [2.45, 2.75) is 19.4 Å². The molecule has 144 valence electrons. The van der Waals surface area contributed by atoms with Gasteiger partial charge in [0.15, 0.2) is 0 Å². The molecule has 0 atom stereocenters. The van der Waals surface area contributed by atoms with Crippen LogP contribution in [0.25, 0.3) is 11.5 Å². The number of amides is 2. The molecule has 0 spiro atoms. The number of nitrogens with zero attached hydrogens (tertiary/aromatic N) is 3. The van der Waals surface area contributed by atoms with Gasteiger partial charge in [-0.3, -0.25) is 9.59 Å². The maximum atomic E-state index is 12.1. The second-order valence-electron chi connectivity index (χ2n) is 6.54. The van der Waals surface area contributed by atoms with Gasteiger partial charge in [-0.1, -0.05) is 30.3 Å². The Bertz CT molecular complexity index is 934. The minimum absolute atomic E-state index is 0.0428. The second-order valence-corrected chi connectivity index (χ2v) is 6.54. The molecular formula is C21H22N4O3. The van der Waals surface area contributed by atoms with E-state index in [0.29, 0.717) is 30.2 Å². The van der Waals surface area contributed by atoms with Crippen molar-refractivity contribution >= 4 is 11.8 Å². The van der Waals surface area contributed by atoms with Crippen molar-refractivity contribution in [2.24, 2.45) is 0 Å². The standard InChI is InChI=1S/C21H22N4O3/c1-25(2)21(27)17-11-8-15(9-12-17)10-13-18(26)22-14-19-23-24-20(28-19)16-6-4-3-5-7-16/h3-9,11-12H,10,13-14H2,1-2H3,(H,22,26). The number of carbonyl (C=O) groups is 2. The Morgan fingerprint density at radius 2 is 1.71 bits per heavy atom. The van der Waals surface area contributed by atoms with Crippen molar-refractivity contribution in [3.05, 3.63) is 71.6 Å². The minimum atomic E-state index is -0.104. The van der Waals surface area contributed by atoms with Gasteiger partial charge in [-0.05, 0) is 36.2 Å². The van der Waals surface area contributed by atoms with Gasteiger partial charge >= 0.3 is 0 Å². The van der Waals surface area contributed by atoms with Crippen LogP contribution in [-0.2, 0) is 17.8 Å². The first-order valence-electron chi connectivity index (χ1n) is 8.98. The minimum Gasteiger partial charge on any atom is -0.419 e. The van der Waals surface area contributed by atoms with Crippen LogP contribution in [0.2, 0.25) is 0 Å². The fourth-order valence-corrected chi connectivity index (χ4v) is 2.62. The van der Waals surface area contributed by atoms with Crippen LogP contribution in [-0.4, -0.2) is 41.0 Å². The predicted molar refractivity (Wildman–Crippen MR) is 104 cm³/mol. The van der Waals surface area contributed by atoms with E-state index >= 15 is 0 Å². The zero-order valence-corrected chi connectivity index (χ0v) is 15.9. The first-order chi connectivity index (χ1) is 13.5. The summed E-state index contributed by atoms with van der Waals surface area (Å²) >= 11 is 0. The molecule has 0 aliphatic rings. The third kappa shape index (κ3) is 5.03. The van der Waals surface area contributed by atoms with E-state index in [0.717, 1.165) is 11.1 Å². The summed E-state index contributed by atoms with van der Waals surface area (Å²) in [5.41, 5.74) is 2.46. The van der Waals surface area contributed by atoms with Gasteiger partial charge in [0.1, 0.15) is 0 Å². The van der Waals surface area contributed by atoms with Gasteiger partial charge in [-0.25, -0.2) is 0 Å². The lowest BCUT2D eigenvalue weighted by Gasteiger charge is -2.10. The molecule has 1 heterocycles. The summed E-state index contributed by atoms with van der Waals surface area (Å²) in [6.07, 6.45) is 0.919. The van der Waals surface area contributed by atoms with Crippen LogP contribution in [0, 0.1) is 0 Å². The Labute approximate surface area is 163 Å². The van der Waals surface area contributed by atoms with Crippen molar-refractivity contribution in [2.75, 3.05) is 14.1 Å². The van der Waals surface area contributed by atoms with E-state index < -0.39 is 0 Å². The SMILES string of the molecule is CN(C)C(=O)c1ccc(CCC(=O)NCc2nnc(-c3ccccc3)o2)cc1. The van der Waals surface area contributed by atoms with E-state index in [2.05, 4.69) is 15.5 Å².